The second-order valence-corrected chi connectivity index (χ2v) is 6.79. The number of ether oxygens (including phenoxy) is 1. The summed E-state index contributed by atoms with van der Waals surface area (Å²) in [6.45, 7) is 8.51. The first kappa shape index (κ1) is 15.2. The number of piperidine rings is 1. The number of nitrogens with two attached hydrogens (primary N) is 1. The van der Waals surface area contributed by atoms with Crippen LogP contribution in [0.15, 0.2) is 18.2 Å². The molecule has 0 radical (unpaired) electrons. The molecule has 0 aromatic heterocycles. The summed E-state index contributed by atoms with van der Waals surface area (Å²) >= 11 is 0. The Morgan fingerprint density at radius 3 is 2.75 bits per heavy atom. The lowest BCUT2D eigenvalue weighted by Gasteiger charge is -2.25. The van der Waals surface area contributed by atoms with Crippen LogP contribution >= 0.6 is 0 Å². The maximum Gasteiger partial charge on any atom is 0.125 e. The molecule has 3 heteroatoms. The molecule has 112 valence electrons. The maximum absolute atomic E-state index is 6.03. The Labute approximate surface area is 122 Å². The van der Waals surface area contributed by atoms with Crippen molar-refractivity contribution in [3.63, 3.8) is 0 Å². The van der Waals surface area contributed by atoms with Gasteiger partial charge < -0.3 is 15.8 Å². The highest BCUT2D eigenvalue weighted by atomic mass is 16.5. The zero-order chi connectivity index (χ0) is 14.6. The van der Waals surface area contributed by atoms with Crippen molar-refractivity contribution in [3.05, 3.63) is 23.8 Å². The van der Waals surface area contributed by atoms with Crippen molar-refractivity contribution in [1.29, 1.82) is 0 Å². The molecule has 3 N–H and O–H groups in total. The van der Waals surface area contributed by atoms with Crippen LogP contribution in [0.5, 0.6) is 5.75 Å². The Morgan fingerprint density at radius 2 is 2.10 bits per heavy atom. The summed E-state index contributed by atoms with van der Waals surface area (Å²) < 4.78 is 6.03. The fourth-order valence-electron chi connectivity index (χ4n) is 2.76. The summed E-state index contributed by atoms with van der Waals surface area (Å²) in [5, 5.41) is 3.56. The van der Waals surface area contributed by atoms with Gasteiger partial charge in [0.1, 0.15) is 5.75 Å². The molecule has 0 saturated carbocycles. The van der Waals surface area contributed by atoms with Crippen molar-refractivity contribution in [2.75, 3.05) is 18.9 Å². The van der Waals surface area contributed by atoms with Gasteiger partial charge in [0.05, 0.1) is 6.61 Å². The summed E-state index contributed by atoms with van der Waals surface area (Å²) in [6.07, 6.45) is 4.98. The highest BCUT2D eigenvalue weighted by Gasteiger charge is 2.19. The molecule has 0 amide bonds. The van der Waals surface area contributed by atoms with E-state index in [1.54, 1.807) is 0 Å². The lowest BCUT2D eigenvalue weighted by molar-refractivity contribution is 0.263. The van der Waals surface area contributed by atoms with Gasteiger partial charge in [0.2, 0.25) is 0 Å². The molecule has 1 fully saturated rings. The molecular weight excluding hydrogens is 248 g/mol. The molecule has 2 rings (SSSR count). The third-order valence-electron chi connectivity index (χ3n) is 3.95. The van der Waals surface area contributed by atoms with Crippen LogP contribution in [0.4, 0.5) is 5.69 Å². The van der Waals surface area contributed by atoms with Gasteiger partial charge in [-0.05, 0) is 42.9 Å². The van der Waals surface area contributed by atoms with E-state index >= 15 is 0 Å². The van der Waals surface area contributed by atoms with Crippen molar-refractivity contribution in [2.24, 2.45) is 0 Å². The van der Waals surface area contributed by atoms with Gasteiger partial charge in [-0.25, -0.2) is 0 Å². The standard InChI is InChI=1S/C17H28N2O/c1-17(2,3)15-8-7-13(18)12-16(15)20-11-9-14-6-4-5-10-19-14/h7-8,12,14,19H,4-6,9-11,18H2,1-3H3. The van der Waals surface area contributed by atoms with Gasteiger partial charge >= 0.3 is 0 Å². The van der Waals surface area contributed by atoms with E-state index < -0.39 is 0 Å². The second-order valence-electron chi connectivity index (χ2n) is 6.79. The number of nitrogen functional groups attached to an aromatic ring is 1. The van der Waals surface area contributed by atoms with Crippen molar-refractivity contribution in [3.8, 4) is 5.75 Å². The summed E-state index contributed by atoms with van der Waals surface area (Å²) in [7, 11) is 0. The largest absolute Gasteiger partial charge is 0.493 e. The average Bonchev–Trinajstić information content (AvgIpc) is 2.38. The van der Waals surface area contributed by atoms with Crippen molar-refractivity contribution < 1.29 is 4.74 Å². The molecular formula is C17H28N2O. The van der Waals surface area contributed by atoms with Gasteiger partial charge in [0, 0.05) is 17.8 Å². The molecule has 1 aromatic carbocycles. The average molecular weight is 276 g/mol. The van der Waals surface area contributed by atoms with Crippen LogP contribution in [0.3, 0.4) is 0 Å². The fourth-order valence-corrected chi connectivity index (χ4v) is 2.76. The maximum atomic E-state index is 6.03. The minimum absolute atomic E-state index is 0.0755. The molecule has 3 nitrogen and oxygen atoms in total. The monoisotopic (exact) mass is 276 g/mol. The van der Waals surface area contributed by atoms with E-state index in [4.69, 9.17) is 10.5 Å². The van der Waals surface area contributed by atoms with E-state index in [-0.39, 0.29) is 5.41 Å². The molecule has 20 heavy (non-hydrogen) atoms. The van der Waals surface area contributed by atoms with E-state index in [1.165, 1.54) is 24.8 Å². The summed E-state index contributed by atoms with van der Waals surface area (Å²) in [6, 6.07) is 6.61. The van der Waals surface area contributed by atoms with E-state index in [0.29, 0.717) is 6.04 Å². The molecule has 1 aliphatic rings. The van der Waals surface area contributed by atoms with E-state index in [1.807, 2.05) is 12.1 Å². The predicted molar refractivity (Wildman–Crippen MR) is 85.3 cm³/mol. The number of anilines is 1. The predicted octanol–water partition coefficient (Wildman–Crippen LogP) is 3.48. The van der Waals surface area contributed by atoms with Gasteiger partial charge in [-0.1, -0.05) is 33.3 Å². The number of nitrogens with one attached hydrogen (secondary N) is 1. The molecule has 1 aliphatic heterocycles. The normalized spacial score (nSPS) is 19.9. The minimum Gasteiger partial charge on any atom is -0.493 e. The quantitative estimate of drug-likeness (QED) is 0.828. The summed E-state index contributed by atoms with van der Waals surface area (Å²) in [4.78, 5) is 0. The van der Waals surface area contributed by atoms with Crippen LogP contribution in [0.2, 0.25) is 0 Å². The first-order valence-corrected chi connectivity index (χ1v) is 7.73. The first-order chi connectivity index (χ1) is 9.47. The zero-order valence-corrected chi connectivity index (χ0v) is 13.0. The van der Waals surface area contributed by atoms with Crippen molar-refractivity contribution in [2.45, 2.75) is 57.9 Å². The van der Waals surface area contributed by atoms with Crippen molar-refractivity contribution >= 4 is 5.69 Å². The zero-order valence-electron chi connectivity index (χ0n) is 13.0. The Bertz CT molecular complexity index is 431. The van der Waals surface area contributed by atoms with E-state index in [9.17, 15) is 0 Å². The summed E-state index contributed by atoms with van der Waals surface area (Å²) in [5.74, 6) is 0.938. The minimum atomic E-state index is 0.0755. The number of hydrogen-bond donors (Lipinski definition) is 2. The van der Waals surface area contributed by atoms with Gasteiger partial charge in [0.25, 0.3) is 0 Å². The van der Waals surface area contributed by atoms with Crippen LogP contribution in [0.25, 0.3) is 0 Å². The van der Waals surface area contributed by atoms with Gasteiger partial charge in [-0.3, -0.25) is 0 Å². The molecule has 1 atom stereocenters. The van der Waals surface area contributed by atoms with E-state index in [2.05, 4.69) is 32.2 Å². The van der Waals surface area contributed by atoms with E-state index in [0.717, 1.165) is 31.0 Å². The lowest BCUT2D eigenvalue weighted by Crippen LogP contribution is -2.35. The highest BCUT2D eigenvalue weighted by molar-refractivity contribution is 5.50. The third-order valence-corrected chi connectivity index (χ3v) is 3.95. The smallest absolute Gasteiger partial charge is 0.125 e. The summed E-state index contributed by atoms with van der Waals surface area (Å²) in [5.41, 5.74) is 7.96. The molecule has 0 bridgehead atoms. The van der Waals surface area contributed by atoms with Crippen LogP contribution < -0.4 is 15.8 Å². The molecule has 0 aliphatic carbocycles. The highest BCUT2D eigenvalue weighted by Crippen LogP contribution is 2.33. The molecule has 0 spiro atoms. The number of rotatable bonds is 4. The van der Waals surface area contributed by atoms with Crippen LogP contribution in [-0.4, -0.2) is 19.2 Å². The molecule has 1 aromatic rings. The Kier molecular flexibility index (Phi) is 4.92. The van der Waals surface area contributed by atoms with Gasteiger partial charge in [-0.2, -0.15) is 0 Å². The Balaban J connectivity index is 1.95. The lowest BCUT2D eigenvalue weighted by atomic mass is 9.86. The SMILES string of the molecule is CC(C)(C)c1ccc(N)cc1OCCC1CCCCN1. The molecule has 1 saturated heterocycles. The third kappa shape index (κ3) is 4.14. The Hall–Kier alpha value is -1.22. The van der Waals surface area contributed by atoms with Crippen LogP contribution in [0.1, 0.15) is 52.0 Å². The number of hydrogen-bond acceptors (Lipinski definition) is 3. The topological polar surface area (TPSA) is 47.3 Å². The van der Waals surface area contributed by atoms with Crippen LogP contribution in [0, 0.1) is 0 Å². The molecule has 1 unspecified atom stereocenters. The van der Waals surface area contributed by atoms with Crippen LogP contribution in [-0.2, 0) is 5.41 Å². The van der Waals surface area contributed by atoms with Gasteiger partial charge in [0.15, 0.2) is 0 Å². The molecule has 1 heterocycles. The fraction of sp³-hybridized carbons (Fsp3) is 0.647. The second kappa shape index (κ2) is 6.49. The first-order valence-electron chi connectivity index (χ1n) is 7.73. The van der Waals surface area contributed by atoms with Crippen molar-refractivity contribution in [1.82, 2.24) is 5.32 Å². The van der Waals surface area contributed by atoms with Gasteiger partial charge in [-0.15, -0.1) is 0 Å². The number of benzene rings is 1. The Morgan fingerprint density at radius 1 is 1.30 bits per heavy atom.